The topological polar surface area (TPSA) is 87.7 Å². The number of thiol groups is 1. The average Bonchev–Trinajstić information content (AvgIpc) is 2.70. The number of alkyl carbamates (subject to hydrolysis) is 1. The average molecular weight is 450 g/mol. The van der Waals surface area contributed by atoms with Crippen LogP contribution < -0.4 is 10.6 Å². The summed E-state index contributed by atoms with van der Waals surface area (Å²) in [5.74, 6) is -0.680. The van der Waals surface area contributed by atoms with Gasteiger partial charge in [0.15, 0.2) is 0 Å². The van der Waals surface area contributed by atoms with Crippen molar-refractivity contribution >= 4 is 36.6 Å². The minimum atomic E-state index is -0.947. The quantitative estimate of drug-likeness (QED) is 0.376. The molecule has 7 nitrogen and oxygen atoms in total. The minimum absolute atomic E-state index is 0.0548. The van der Waals surface area contributed by atoms with Crippen LogP contribution in [-0.2, 0) is 14.3 Å². The van der Waals surface area contributed by atoms with Gasteiger partial charge in [0.2, 0.25) is 11.8 Å². The molecule has 0 radical (unpaired) electrons. The number of nitrogens with zero attached hydrogens (tertiary/aromatic N) is 1. The summed E-state index contributed by atoms with van der Waals surface area (Å²) in [7, 11) is 1.54. The monoisotopic (exact) mass is 449 g/mol. The van der Waals surface area contributed by atoms with Gasteiger partial charge >= 0.3 is 6.09 Å². The van der Waals surface area contributed by atoms with Crippen LogP contribution in [-0.4, -0.2) is 53.8 Å². The third kappa shape index (κ3) is 8.65. The number of hydrogen-bond acceptors (Lipinski definition) is 5. The molecule has 0 aromatic heterocycles. The molecule has 2 N–H and O–H groups in total. The molecule has 0 fully saturated rings. The van der Waals surface area contributed by atoms with Crippen LogP contribution in [0.1, 0.15) is 57.7 Å². The molecule has 0 aliphatic carbocycles. The highest BCUT2D eigenvalue weighted by atomic mass is 32.1. The van der Waals surface area contributed by atoms with E-state index in [1.165, 1.54) is 4.90 Å². The molecule has 2 atom stereocenters. The highest BCUT2D eigenvalue weighted by molar-refractivity contribution is 7.80. The second-order valence-corrected chi connectivity index (χ2v) is 8.62. The fraction of sp³-hybridized carbons (Fsp3) is 0.522. The maximum absolute atomic E-state index is 13.2. The largest absolute Gasteiger partial charge is 0.444 e. The fourth-order valence-electron chi connectivity index (χ4n) is 2.90. The van der Waals surface area contributed by atoms with Crippen LogP contribution in [0.5, 0.6) is 0 Å². The molecule has 2 unspecified atom stereocenters. The lowest BCUT2D eigenvalue weighted by Gasteiger charge is -2.31. The Morgan fingerprint density at radius 3 is 2.52 bits per heavy atom. The van der Waals surface area contributed by atoms with Crippen molar-refractivity contribution in [3.63, 3.8) is 0 Å². The van der Waals surface area contributed by atoms with Gasteiger partial charge in [0.05, 0.1) is 0 Å². The Labute approximate surface area is 191 Å². The molecule has 1 aromatic rings. The Kier molecular flexibility index (Phi) is 10.6. The number of hydrogen-bond donors (Lipinski definition) is 3. The van der Waals surface area contributed by atoms with E-state index in [4.69, 9.17) is 4.74 Å². The Hall–Kier alpha value is -2.48. The van der Waals surface area contributed by atoms with Crippen LogP contribution >= 0.6 is 12.6 Å². The number of ether oxygens (including phenoxy) is 1. The summed E-state index contributed by atoms with van der Waals surface area (Å²) in [5, 5.41) is 5.44. The van der Waals surface area contributed by atoms with Crippen LogP contribution in [0.2, 0.25) is 0 Å². The SMILES string of the molecule is C=Cc1cccc(C(C(=O)NCCCC)N(C)C(=O)C(CS)NC(=O)OC(C)(C)C)c1. The number of likely N-dealkylation sites (N-methyl/N-ethyl adjacent to an activating group) is 1. The first-order chi connectivity index (χ1) is 14.5. The highest BCUT2D eigenvalue weighted by Gasteiger charge is 2.33. The predicted octanol–water partition coefficient (Wildman–Crippen LogP) is 3.57. The third-order valence-corrected chi connectivity index (χ3v) is 4.81. The van der Waals surface area contributed by atoms with Gasteiger partial charge in [-0.05, 0) is 44.4 Å². The molecular weight excluding hydrogens is 414 g/mol. The minimum Gasteiger partial charge on any atom is -0.444 e. The molecule has 0 saturated heterocycles. The molecule has 0 saturated carbocycles. The zero-order chi connectivity index (χ0) is 23.6. The van der Waals surface area contributed by atoms with E-state index in [0.29, 0.717) is 12.1 Å². The van der Waals surface area contributed by atoms with Crippen molar-refractivity contribution in [1.82, 2.24) is 15.5 Å². The Balaban J connectivity index is 3.14. The second-order valence-electron chi connectivity index (χ2n) is 8.25. The number of amides is 3. The lowest BCUT2D eigenvalue weighted by Crippen LogP contribution is -2.52. The van der Waals surface area contributed by atoms with E-state index in [-0.39, 0.29) is 11.7 Å². The van der Waals surface area contributed by atoms with E-state index in [1.54, 1.807) is 40.0 Å². The van der Waals surface area contributed by atoms with Gasteiger partial charge in [-0.25, -0.2) is 4.79 Å². The molecule has 172 valence electrons. The highest BCUT2D eigenvalue weighted by Crippen LogP contribution is 2.23. The molecule has 8 heteroatoms. The van der Waals surface area contributed by atoms with Crippen molar-refractivity contribution in [2.24, 2.45) is 0 Å². The van der Waals surface area contributed by atoms with Crippen molar-refractivity contribution in [3.05, 3.63) is 42.0 Å². The Morgan fingerprint density at radius 2 is 1.97 bits per heavy atom. The normalized spacial score (nSPS) is 13.0. The third-order valence-electron chi connectivity index (χ3n) is 4.45. The molecule has 31 heavy (non-hydrogen) atoms. The first-order valence-electron chi connectivity index (χ1n) is 10.4. The summed E-state index contributed by atoms with van der Waals surface area (Å²) in [6, 6.07) is 5.47. The molecule has 0 bridgehead atoms. The van der Waals surface area contributed by atoms with Crippen molar-refractivity contribution in [2.75, 3.05) is 19.3 Å². The van der Waals surface area contributed by atoms with Crippen LogP contribution in [0.3, 0.4) is 0 Å². The molecule has 1 rings (SSSR count). The number of unbranched alkanes of at least 4 members (excludes halogenated alkanes) is 1. The van der Waals surface area contributed by atoms with Gasteiger partial charge in [-0.2, -0.15) is 12.6 Å². The number of benzene rings is 1. The van der Waals surface area contributed by atoms with Gasteiger partial charge in [-0.15, -0.1) is 0 Å². The summed E-state index contributed by atoms with van der Waals surface area (Å²) >= 11 is 4.21. The first kappa shape index (κ1) is 26.6. The van der Waals surface area contributed by atoms with Crippen LogP contribution in [0, 0.1) is 0 Å². The van der Waals surface area contributed by atoms with E-state index < -0.39 is 29.7 Å². The number of carbonyl (C=O) groups is 3. The second kappa shape index (κ2) is 12.4. The van der Waals surface area contributed by atoms with Gasteiger partial charge in [0, 0.05) is 19.3 Å². The van der Waals surface area contributed by atoms with Crippen molar-refractivity contribution in [3.8, 4) is 0 Å². The summed E-state index contributed by atoms with van der Waals surface area (Å²) in [6.07, 6.45) is 2.74. The molecule has 0 aliphatic heterocycles. The molecule has 1 aromatic carbocycles. The van der Waals surface area contributed by atoms with E-state index >= 15 is 0 Å². The number of rotatable bonds is 10. The van der Waals surface area contributed by atoms with E-state index in [9.17, 15) is 14.4 Å². The van der Waals surface area contributed by atoms with Crippen molar-refractivity contribution < 1.29 is 19.1 Å². The zero-order valence-corrected chi connectivity index (χ0v) is 20.0. The van der Waals surface area contributed by atoms with Crippen molar-refractivity contribution in [2.45, 2.75) is 58.2 Å². The molecule has 0 aliphatic rings. The fourth-order valence-corrected chi connectivity index (χ4v) is 3.15. The van der Waals surface area contributed by atoms with Crippen LogP contribution in [0.25, 0.3) is 6.08 Å². The lowest BCUT2D eigenvalue weighted by atomic mass is 10.0. The van der Waals surface area contributed by atoms with Gasteiger partial charge in [0.1, 0.15) is 17.7 Å². The first-order valence-corrected chi connectivity index (χ1v) is 11.0. The van der Waals surface area contributed by atoms with Gasteiger partial charge in [-0.1, -0.05) is 44.2 Å². The van der Waals surface area contributed by atoms with Gasteiger partial charge < -0.3 is 20.3 Å². The maximum Gasteiger partial charge on any atom is 0.408 e. The predicted molar refractivity (Wildman–Crippen MR) is 127 cm³/mol. The molecular formula is C23H35N3O4S. The summed E-state index contributed by atoms with van der Waals surface area (Å²) < 4.78 is 5.24. The molecule has 3 amide bonds. The summed E-state index contributed by atoms with van der Waals surface area (Å²) in [5.41, 5.74) is 0.785. The van der Waals surface area contributed by atoms with Crippen LogP contribution in [0.15, 0.2) is 30.8 Å². The van der Waals surface area contributed by atoms with Gasteiger partial charge in [0.25, 0.3) is 0 Å². The van der Waals surface area contributed by atoms with E-state index in [0.717, 1.165) is 18.4 Å². The zero-order valence-electron chi connectivity index (χ0n) is 19.1. The maximum atomic E-state index is 13.2. The Morgan fingerprint density at radius 1 is 1.29 bits per heavy atom. The smallest absolute Gasteiger partial charge is 0.408 e. The molecule has 0 heterocycles. The number of nitrogens with one attached hydrogen (secondary N) is 2. The molecule has 0 spiro atoms. The standard InChI is InChI=1S/C23H35N3O4S/c1-7-9-13-24-20(27)19(17-12-10-11-16(8-2)14-17)26(6)21(28)18(15-31)25-22(29)30-23(3,4)5/h8,10-12,14,18-19,31H,2,7,9,13,15H2,1,3-6H3,(H,24,27)(H,25,29). The van der Waals surface area contributed by atoms with Gasteiger partial charge in [-0.3, -0.25) is 9.59 Å². The van der Waals surface area contributed by atoms with E-state index in [1.807, 2.05) is 25.1 Å². The number of carbonyl (C=O) groups excluding carboxylic acids is 3. The van der Waals surface area contributed by atoms with Crippen LogP contribution in [0.4, 0.5) is 4.79 Å². The summed E-state index contributed by atoms with van der Waals surface area (Å²) in [6.45, 7) is 11.5. The van der Waals surface area contributed by atoms with Crippen molar-refractivity contribution in [1.29, 1.82) is 0 Å². The van der Waals surface area contributed by atoms with E-state index in [2.05, 4.69) is 29.8 Å². The lowest BCUT2D eigenvalue weighted by molar-refractivity contribution is -0.140. The summed E-state index contributed by atoms with van der Waals surface area (Å²) in [4.78, 5) is 39.7. The Bertz CT molecular complexity index is 776.